The Morgan fingerprint density at radius 1 is 0.586 bits per heavy atom. The van der Waals surface area contributed by atoms with Crippen molar-refractivity contribution in [2.45, 2.75) is 229 Å². The first-order chi connectivity index (χ1) is 63.3. The number of carbonyl (C=O) groups is 18. The summed E-state index contributed by atoms with van der Waals surface area (Å²) in [7, 11) is 1.55. The van der Waals surface area contributed by atoms with Gasteiger partial charge in [-0.05, 0) is 93.4 Å². The Hall–Kier alpha value is -12.7. The molecule has 2 aromatic carbocycles. The van der Waals surface area contributed by atoms with Crippen LogP contribution < -0.4 is 85.5 Å². The third-order valence-corrected chi connectivity index (χ3v) is 24.8. The molecule has 22 N–H and O–H groups in total. The van der Waals surface area contributed by atoms with E-state index in [1.807, 2.05) is 0 Å². The first-order valence-corrected chi connectivity index (χ1v) is 46.6. The van der Waals surface area contributed by atoms with Gasteiger partial charge in [-0.1, -0.05) is 105 Å². The van der Waals surface area contributed by atoms with E-state index >= 15 is 38.4 Å². The molecular formula is C87H120N22O22S2. The van der Waals surface area contributed by atoms with E-state index in [1.165, 1.54) is 26.4 Å². The highest BCUT2D eigenvalue weighted by atomic mass is 33.1. The maximum absolute atomic E-state index is 15.7. The van der Waals surface area contributed by atoms with E-state index < -0.39 is 246 Å². The highest BCUT2D eigenvalue weighted by Gasteiger charge is 2.47. The molecule has 722 valence electrons. The Kier molecular flexibility index (Phi) is 39.3. The van der Waals surface area contributed by atoms with Gasteiger partial charge in [0.2, 0.25) is 94.5 Å². The number of aliphatic hydroxyl groups excluding tert-OH is 1. The molecule has 0 spiro atoms. The lowest BCUT2D eigenvalue weighted by atomic mass is 9.98. The summed E-state index contributed by atoms with van der Waals surface area (Å²) < 4.78 is 5.57. The number of aromatic amines is 3. The number of hydroxylamine groups is 2. The fourth-order valence-electron chi connectivity index (χ4n) is 15.4. The van der Waals surface area contributed by atoms with Crippen molar-refractivity contribution < 1.29 is 106 Å². The third-order valence-electron chi connectivity index (χ3n) is 22.4. The number of nitrogens with two attached hydrogens (primary N) is 1. The molecule has 16 amide bonds. The number of rotatable bonds is 24. The standard InChI is InChI=1S/C87H120N22O22S2/c1-10-16-68(111)90-24-27-130-28-25-91-69(112)35-63-80(122)104-64-41-132-133-42-65(83(125)107-73(48(9)110)86(128)108-26-15-21-66(108)87(129)131-109-40-51(88)33-67(109)84(126)102-63)105-78(120)61(32-50-37-93-56-20-14-12-18-54(50)56)103-85(127)72(46(6)7)106-81(123)59(30-45(4)5)100-76(118)57(22-23-71(114)115)97-70(113)39-94-75(117)58(29-44(2)3)99-79(121)62(34-52-38-89-43-95-52)101-77(119)60(98-74(116)47(8)96-82(64)124)31-49-36-92-55-19-13-11-17-53(49)55/h1,11-14,17-20,36-38,43-48,51,57-67,72-73,92-93,110H,15-16,21-35,39-42,88H2,2-9H3,(H,89,95)(H,90,111)(H,91,112)(H,94,117)(H,96,124)(H,97,113)(H,98,116)(H,99,121)(H,100,118)(H,101,119)(H,102,126)(H,103,127)(H,104,122)(H,105,120)(H,106,123)(H,107,125)(H,114,115)/t47-,48+,51-,57-,58-,59-,60-,61-,62-,63-,64-,65-,66+,67-,72-,73-/m0/s1. The Morgan fingerprint density at radius 3 is 1.66 bits per heavy atom. The zero-order chi connectivity index (χ0) is 96.9. The summed E-state index contributed by atoms with van der Waals surface area (Å²) in [6.45, 7) is 10.9. The Morgan fingerprint density at radius 2 is 1.10 bits per heavy atom. The van der Waals surface area contributed by atoms with Crippen LogP contribution in [0.5, 0.6) is 0 Å². The molecule has 133 heavy (non-hydrogen) atoms. The molecule has 0 unspecified atom stereocenters. The van der Waals surface area contributed by atoms with Crippen LogP contribution in [0.15, 0.2) is 73.4 Å². The number of fused-ring (bicyclic) bond motifs is 9. The molecule has 44 nitrogen and oxygen atoms in total. The van der Waals surface area contributed by atoms with E-state index in [2.05, 4.69) is 106 Å². The van der Waals surface area contributed by atoms with Crippen LogP contribution in [0.2, 0.25) is 0 Å². The number of benzene rings is 2. The molecule has 0 radical (unpaired) electrons. The quantitative estimate of drug-likeness (QED) is 0.0160. The van der Waals surface area contributed by atoms with Crippen LogP contribution in [0.4, 0.5) is 0 Å². The average Bonchev–Trinajstić information content (AvgIpc) is 1.70. The first-order valence-electron chi connectivity index (χ1n) is 44.1. The summed E-state index contributed by atoms with van der Waals surface area (Å²) >= 11 is 0. The summed E-state index contributed by atoms with van der Waals surface area (Å²) in [5, 5.41) is 62.8. The van der Waals surface area contributed by atoms with Gasteiger partial charge in [-0.2, -0.15) is 0 Å². The number of para-hydroxylation sites is 2. The van der Waals surface area contributed by atoms with Gasteiger partial charge in [0.05, 0.1) is 51.6 Å². The lowest BCUT2D eigenvalue weighted by Crippen LogP contribution is -2.62. The molecule has 4 fully saturated rings. The molecule has 5 aromatic rings. The fourth-order valence-corrected chi connectivity index (χ4v) is 17.7. The van der Waals surface area contributed by atoms with Crippen LogP contribution in [-0.2, 0) is 115 Å². The van der Waals surface area contributed by atoms with Gasteiger partial charge >= 0.3 is 11.9 Å². The lowest BCUT2D eigenvalue weighted by Gasteiger charge is -2.32. The van der Waals surface area contributed by atoms with Gasteiger partial charge in [0.15, 0.2) is 0 Å². The number of H-pyrrole nitrogens is 3. The molecule has 4 aliphatic rings. The molecule has 4 saturated heterocycles. The minimum atomic E-state index is -1.92. The van der Waals surface area contributed by atoms with E-state index in [1.54, 1.807) is 102 Å². The maximum atomic E-state index is 15.7. The van der Waals surface area contributed by atoms with Gasteiger partial charge in [-0.15, -0.1) is 11.5 Å². The van der Waals surface area contributed by atoms with Crippen molar-refractivity contribution in [2.75, 3.05) is 57.4 Å². The van der Waals surface area contributed by atoms with E-state index in [4.69, 9.17) is 21.7 Å². The van der Waals surface area contributed by atoms with Crippen LogP contribution in [0.1, 0.15) is 130 Å². The van der Waals surface area contributed by atoms with Crippen LogP contribution in [-0.4, -0.2) is 301 Å². The van der Waals surface area contributed by atoms with Crippen LogP contribution in [0.3, 0.4) is 0 Å². The predicted molar refractivity (Wildman–Crippen MR) is 484 cm³/mol. The van der Waals surface area contributed by atoms with E-state index in [0.29, 0.717) is 38.6 Å². The fraction of sp³-hybridized carbons (Fsp3) is 0.552. The van der Waals surface area contributed by atoms with Crippen molar-refractivity contribution in [3.63, 3.8) is 0 Å². The number of aliphatic carboxylic acids is 1. The third kappa shape index (κ3) is 30.9. The van der Waals surface area contributed by atoms with Crippen molar-refractivity contribution in [3.05, 3.63) is 90.3 Å². The monoisotopic (exact) mass is 1890 g/mol. The van der Waals surface area contributed by atoms with Gasteiger partial charge in [-0.25, -0.2) is 9.78 Å². The molecule has 0 saturated carbocycles. The summed E-state index contributed by atoms with van der Waals surface area (Å²) in [5.74, 6) is -18.7. The number of hydrogen-bond donors (Lipinski definition) is 21. The zero-order valence-corrected chi connectivity index (χ0v) is 76.8. The van der Waals surface area contributed by atoms with Crippen LogP contribution in [0, 0.1) is 30.1 Å². The molecular weight excluding hydrogens is 1770 g/mol. The number of aromatic nitrogens is 4. The number of carbonyl (C=O) groups excluding carboxylic acids is 17. The zero-order valence-electron chi connectivity index (χ0n) is 75.1. The largest absolute Gasteiger partial charge is 0.481 e. The second kappa shape index (κ2) is 50.2. The molecule has 7 heterocycles. The van der Waals surface area contributed by atoms with E-state index in [-0.39, 0.29) is 109 Å². The second-order valence-electron chi connectivity index (χ2n) is 34.3. The first kappa shape index (κ1) is 104. The van der Waals surface area contributed by atoms with Crippen LogP contribution >= 0.6 is 21.6 Å². The number of terminal acetylenes is 1. The normalized spacial score (nSPS) is 25.7. The Bertz CT molecular complexity index is 5040. The average molecular weight is 1890 g/mol. The van der Waals surface area contributed by atoms with Crippen molar-refractivity contribution in [1.29, 1.82) is 0 Å². The summed E-state index contributed by atoms with van der Waals surface area (Å²) in [5.41, 5.74) is 8.88. The van der Waals surface area contributed by atoms with Gasteiger partial charge in [0, 0.05) is 109 Å². The number of carboxylic acids is 1. The minimum absolute atomic E-state index is 0.0105. The lowest BCUT2D eigenvalue weighted by molar-refractivity contribution is -0.201. The van der Waals surface area contributed by atoms with Crippen molar-refractivity contribution in [2.24, 2.45) is 23.5 Å². The molecule has 3 aromatic heterocycles. The number of amides is 16. The summed E-state index contributed by atoms with van der Waals surface area (Å²) in [6, 6.07) is -10.2. The number of carboxylic acid groups (broad SMARTS) is 1. The maximum Gasteiger partial charge on any atom is 0.347 e. The van der Waals surface area contributed by atoms with Crippen molar-refractivity contribution in [1.82, 2.24) is 110 Å². The summed E-state index contributed by atoms with van der Waals surface area (Å²) in [4.78, 5) is 283. The number of nitrogens with one attached hydrogen (secondary N) is 18. The molecule has 0 aliphatic carbocycles. The predicted octanol–water partition coefficient (Wildman–Crippen LogP) is -3.73. The molecule has 9 rings (SSSR count). The SMILES string of the molecule is C#CCC(=O)NCCOCCNC(=O)C[C@@H]1NC(=O)[C@@H]2C[C@H](N)CN2OC(=O)[C@H]2CCCN2C(=O)[C@H]([C@@H](C)O)NC(=O)[C@@H]2CSSC[C@H](NC1=O)C(=O)N[C@@H](C)C(=O)N[C@@H](Cc1c[nH]c3ccccc13)C(=O)N[C@@H](Cc1cnc[nH]1)C(=O)N[C@@H](CC(C)C)C(=O)NCC(=O)N[C@@H](CCC(=O)O)C(=O)N[C@@H](CC(C)C)C(=O)N[C@@H](C(C)C)C(=O)N[C@@H](Cc1c[nH]c3ccccc13)C(=O)N2. The second-order valence-corrected chi connectivity index (χ2v) is 36.8. The smallest absolute Gasteiger partial charge is 0.347 e. The van der Waals surface area contributed by atoms with E-state index in [9.17, 15) is 58.2 Å². The van der Waals surface area contributed by atoms with Gasteiger partial charge < -0.3 is 125 Å². The van der Waals surface area contributed by atoms with Crippen molar-refractivity contribution >= 4 is 150 Å². The number of hydrogen-bond acceptors (Lipinski definition) is 26. The summed E-state index contributed by atoms with van der Waals surface area (Å²) in [6.07, 6.45) is 5.80. The van der Waals surface area contributed by atoms with Gasteiger partial charge in [0.25, 0.3) is 0 Å². The van der Waals surface area contributed by atoms with Crippen molar-refractivity contribution in [3.8, 4) is 12.3 Å². The molecule has 46 heteroatoms. The highest BCUT2D eigenvalue weighted by molar-refractivity contribution is 8.76. The molecule has 16 atom stereocenters. The number of imidazole rings is 1. The number of nitrogens with zero attached hydrogens (tertiary/aromatic N) is 3. The topological polar surface area (TPSA) is 639 Å². The minimum Gasteiger partial charge on any atom is -0.481 e. The molecule has 2 bridgehead atoms. The van der Waals surface area contributed by atoms with Crippen LogP contribution in [0.25, 0.3) is 21.8 Å². The molecule has 4 aliphatic heterocycles. The Labute approximate surface area is 774 Å². The number of aliphatic hydroxyl groups is 1. The Balaban J connectivity index is 1.14. The van der Waals surface area contributed by atoms with Gasteiger partial charge in [0.1, 0.15) is 84.6 Å². The highest BCUT2D eigenvalue weighted by Crippen LogP contribution is 2.29. The number of ether oxygens (including phenoxy) is 1. The van der Waals surface area contributed by atoms with Gasteiger partial charge in [-0.3, -0.25) is 81.5 Å². The van der Waals surface area contributed by atoms with E-state index in [0.717, 1.165) is 31.6 Å².